The number of hydrogen-bond donors (Lipinski definition) is 0. The highest BCUT2D eigenvalue weighted by Gasteiger charge is 2.49. The Kier molecular flexibility index (Phi) is 9.58. The molecule has 8 heteroatoms. The number of para-hydroxylation sites is 4. The van der Waals surface area contributed by atoms with Gasteiger partial charge in [-0.2, -0.15) is 0 Å². The molecule has 3 aliphatic rings. The maximum atomic E-state index is 15.8. The fourth-order valence-corrected chi connectivity index (χ4v) is 11.8. The molecule has 7 aromatic carbocycles. The van der Waals surface area contributed by atoms with Gasteiger partial charge in [-0.25, -0.2) is 4.90 Å². The minimum atomic E-state index is -3.57. The standard InChI is InChI=1S/C50H43N2O5P/c1-54-45-24-9-4-19-39(45)38-18-3-2-17-37(38)30-44-42-22-6-10-25-46(42)55-33-51(44)31-35-15-14-16-36(29-35)32-52-34-56-47-26-11-7-23-43(47)50(52)58(53)49-28-13-8-21-41(49)40-20-5-12-27-48(40)57-58/h2-29,44,50H,30-34H2,1H3. The summed E-state index contributed by atoms with van der Waals surface area (Å²) in [6, 6.07) is 57.8. The molecule has 0 spiro atoms. The van der Waals surface area contributed by atoms with Crippen LogP contribution in [0.3, 0.4) is 0 Å². The molecule has 0 saturated carbocycles. The highest BCUT2D eigenvalue weighted by atomic mass is 31.2. The van der Waals surface area contributed by atoms with E-state index in [0.717, 1.165) is 67.9 Å². The Morgan fingerprint density at radius 3 is 1.91 bits per heavy atom. The zero-order valence-electron chi connectivity index (χ0n) is 32.2. The monoisotopic (exact) mass is 782 g/mol. The summed E-state index contributed by atoms with van der Waals surface area (Å²) in [5.41, 5.74) is 9.69. The number of benzene rings is 7. The van der Waals surface area contributed by atoms with Crippen LogP contribution in [-0.2, 0) is 24.1 Å². The summed E-state index contributed by atoms with van der Waals surface area (Å²) in [7, 11) is -1.84. The zero-order chi connectivity index (χ0) is 39.1. The molecule has 0 aliphatic carbocycles. The topological polar surface area (TPSA) is 60.5 Å². The van der Waals surface area contributed by atoms with Crippen LogP contribution in [0.1, 0.15) is 39.6 Å². The van der Waals surface area contributed by atoms with Crippen molar-refractivity contribution in [1.29, 1.82) is 0 Å². The average Bonchev–Trinajstić information content (AvgIpc) is 3.27. The highest BCUT2D eigenvalue weighted by Crippen LogP contribution is 2.66. The molecule has 0 saturated heterocycles. The van der Waals surface area contributed by atoms with Crippen molar-refractivity contribution in [3.05, 3.63) is 198 Å². The van der Waals surface area contributed by atoms with Crippen LogP contribution in [0.4, 0.5) is 0 Å². The van der Waals surface area contributed by atoms with Crippen LogP contribution < -0.4 is 24.0 Å². The lowest BCUT2D eigenvalue weighted by Crippen LogP contribution is -2.39. The number of fused-ring (bicyclic) bond motifs is 5. The summed E-state index contributed by atoms with van der Waals surface area (Å²) in [6.45, 7) is 1.92. The fraction of sp³-hybridized carbons (Fsp3) is 0.160. The predicted octanol–water partition coefficient (Wildman–Crippen LogP) is 11.0. The van der Waals surface area contributed by atoms with Crippen LogP contribution in [0.5, 0.6) is 23.0 Å². The lowest BCUT2D eigenvalue weighted by atomic mass is 9.90. The lowest BCUT2D eigenvalue weighted by molar-refractivity contribution is 0.0503. The molecular weight excluding hydrogens is 740 g/mol. The van der Waals surface area contributed by atoms with Gasteiger partial charge >= 0.3 is 0 Å². The van der Waals surface area contributed by atoms with Crippen LogP contribution >= 0.6 is 7.37 Å². The molecule has 0 fully saturated rings. The molecule has 0 aromatic heterocycles. The summed E-state index contributed by atoms with van der Waals surface area (Å²) < 4.78 is 41.0. The van der Waals surface area contributed by atoms with E-state index in [0.29, 0.717) is 25.6 Å². The number of ether oxygens (including phenoxy) is 3. The zero-order valence-corrected chi connectivity index (χ0v) is 33.1. The number of nitrogens with zero attached hydrogens (tertiary/aromatic N) is 2. The number of rotatable bonds is 9. The summed E-state index contributed by atoms with van der Waals surface area (Å²) in [5.74, 6) is 2.59. The Bertz CT molecular complexity index is 2680. The lowest BCUT2D eigenvalue weighted by Gasteiger charge is -2.42. The van der Waals surface area contributed by atoms with Gasteiger partial charge in [-0.05, 0) is 64.6 Å². The molecular formula is C50H43N2O5P. The highest BCUT2D eigenvalue weighted by molar-refractivity contribution is 7.68. The van der Waals surface area contributed by atoms with Crippen LogP contribution in [0.2, 0.25) is 0 Å². The Morgan fingerprint density at radius 1 is 0.569 bits per heavy atom. The van der Waals surface area contributed by atoms with E-state index in [1.54, 1.807) is 7.11 Å². The summed E-state index contributed by atoms with van der Waals surface area (Å²) in [6.07, 6.45) is 0.792. The van der Waals surface area contributed by atoms with Gasteiger partial charge in [0.25, 0.3) is 7.37 Å². The first-order valence-electron chi connectivity index (χ1n) is 19.8. The Labute approximate surface area is 339 Å². The van der Waals surface area contributed by atoms with Gasteiger partial charge in [0.1, 0.15) is 42.2 Å². The largest absolute Gasteiger partial charge is 0.496 e. The Morgan fingerprint density at radius 2 is 1.14 bits per heavy atom. The molecule has 10 rings (SSSR count). The summed E-state index contributed by atoms with van der Waals surface area (Å²) >= 11 is 0. The van der Waals surface area contributed by atoms with Gasteiger partial charge in [-0.3, -0.25) is 9.46 Å². The van der Waals surface area contributed by atoms with E-state index in [-0.39, 0.29) is 12.8 Å². The van der Waals surface area contributed by atoms with E-state index < -0.39 is 13.2 Å². The van der Waals surface area contributed by atoms with Gasteiger partial charge < -0.3 is 18.7 Å². The molecule has 7 aromatic rings. The maximum Gasteiger partial charge on any atom is 0.299 e. The molecule has 3 atom stereocenters. The van der Waals surface area contributed by atoms with Crippen molar-refractivity contribution in [3.63, 3.8) is 0 Å². The van der Waals surface area contributed by atoms with Crippen molar-refractivity contribution in [1.82, 2.24) is 9.80 Å². The predicted molar refractivity (Wildman–Crippen MR) is 229 cm³/mol. The molecule has 58 heavy (non-hydrogen) atoms. The minimum absolute atomic E-state index is 0.0670. The Hall–Kier alpha value is -6.11. The van der Waals surface area contributed by atoms with Gasteiger partial charge in [0.15, 0.2) is 0 Å². The van der Waals surface area contributed by atoms with Crippen molar-refractivity contribution in [2.24, 2.45) is 0 Å². The molecule has 7 nitrogen and oxygen atoms in total. The van der Waals surface area contributed by atoms with E-state index in [9.17, 15) is 0 Å². The summed E-state index contributed by atoms with van der Waals surface area (Å²) in [4.78, 5) is 4.59. The average molecular weight is 783 g/mol. The number of hydrogen-bond acceptors (Lipinski definition) is 7. The van der Waals surface area contributed by atoms with Crippen molar-refractivity contribution in [2.45, 2.75) is 31.3 Å². The van der Waals surface area contributed by atoms with Gasteiger partial charge in [0.05, 0.1) is 12.4 Å². The van der Waals surface area contributed by atoms with Crippen molar-refractivity contribution < 1.29 is 23.3 Å². The van der Waals surface area contributed by atoms with E-state index in [4.69, 9.17) is 18.7 Å². The van der Waals surface area contributed by atoms with Gasteiger partial charge in [-0.15, -0.1) is 0 Å². The quantitative estimate of drug-likeness (QED) is 0.135. The second-order valence-corrected chi connectivity index (χ2v) is 17.4. The maximum absolute atomic E-state index is 15.8. The van der Waals surface area contributed by atoms with Crippen LogP contribution in [0.25, 0.3) is 22.3 Å². The SMILES string of the molecule is COc1ccccc1-c1ccccc1CC1c2ccccc2OCN1Cc1cccc(CN2COc3ccccc3C2P2(=O)Oc3ccccc3-c3ccccc32)c1. The van der Waals surface area contributed by atoms with Crippen molar-refractivity contribution in [3.8, 4) is 45.3 Å². The van der Waals surface area contributed by atoms with Crippen LogP contribution in [-0.4, -0.2) is 30.4 Å². The summed E-state index contributed by atoms with van der Waals surface area (Å²) in [5, 5.41) is 0.734. The van der Waals surface area contributed by atoms with Crippen molar-refractivity contribution >= 4 is 12.7 Å². The molecule has 288 valence electrons. The third-order valence-corrected chi connectivity index (χ3v) is 14.4. The molecule has 0 bridgehead atoms. The number of methoxy groups -OCH3 is 1. The minimum Gasteiger partial charge on any atom is -0.496 e. The molecule has 0 radical (unpaired) electrons. The smallest absolute Gasteiger partial charge is 0.299 e. The molecule has 3 unspecified atom stereocenters. The molecule has 3 heterocycles. The second-order valence-electron chi connectivity index (χ2n) is 15.1. The molecule has 3 aliphatic heterocycles. The normalized spacial score (nSPS) is 19.6. The third-order valence-electron chi connectivity index (χ3n) is 11.6. The molecule has 0 N–H and O–H groups in total. The van der Waals surface area contributed by atoms with Gasteiger partial charge in [0, 0.05) is 41.4 Å². The Balaban J connectivity index is 0.969. The first-order chi connectivity index (χ1) is 28.6. The molecule has 0 amide bonds. The van der Waals surface area contributed by atoms with E-state index >= 15 is 4.57 Å². The third kappa shape index (κ3) is 6.55. The van der Waals surface area contributed by atoms with Crippen LogP contribution in [0, 0.1) is 0 Å². The van der Waals surface area contributed by atoms with E-state index in [1.807, 2.05) is 84.9 Å². The van der Waals surface area contributed by atoms with E-state index in [1.165, 1.54) is 11.1 Å². The van der Waals surface area contributed by atoms with Crippen LogP contribution in [0.15, 0.2) is 170 Å². The fourth-order valence-electron chi connectivity index (χ4n) is 8.95. The van der Waals surface area contributed by atoms with Gasteiger partial charge in [0.2, 0.25) is 0 Å². The van der Waals surface area contributed by atoms with Gasteiger partial charge in [-0.1, -0.05) is 140 Å². The second kappa shape index (κ2) is 15.3. The van der Waals surface area contributed by atoms with Crippen molar-refractivity contribution in [2.75, 3.05) is 20.6 Å². The first-order valence-corrected chi connectivity index (χ1v) is 21.5. The first kappa shape index (κ1) is 36.2. The van der Waals surface area contributed by atoms with E-state index in [2.05, 4.69) is 94.7 Å².